The summed E-state index contributed by atoms with van der Waals surface area (Å²) in [6.45, 7) is 0. The van der Waals surface area contributed by atoms with Crippen molar-refractivity contribution < 1.29 is 14.3 Å². The molecule has 186 valence electrons. The zero-order valence-electron chi connectivity index (χ0n) is 20.5. The van der Waals surface area contributed by atoms with E-state index in [4.69, 9.17) is 0 Å². The van der Waals surface area contributed by atoms with Crippen molar-refractivity contribution in [2.75, 3.05) is 0 Å². The second kappa shape index (κ2) is 11.2. The molecular formula is C30H32FN3O2. The number of aliphatic hydroxyl groups excluding tert-OH is 1. The Morgan fingerprint density at radius 2 is 1.94 bits per heavy atom. The van der Waals surface area contributed by atoms with Gasteiger partial charge in [-0.25, -0.2) is 9.98 Å². The second-order valence-electron chi connectivity index (χ2n) is 10.00. The minimum absolute atomic E-state index is 0.0535. The number of aromatic nitrogens is 2. The molecule has 1 N–H and O–H groups in total. The van der Waals surface area contributed by atoms with Crippen molar-refractivity contribution in [2.45, 2.75) is 70.3 Å². The fraction of sp³-hybridized carbons (Fsp3) is 0.400. The number of halogens is 1. The first-order valence-corrected chi connectivity index (χ1v) is 13.0. The van der Waals surface area contributed by atoms with Crippen LogP contribution in [0.3, 0.4) is 0 Å². The molecule has 5 rings (SSSR count). The Morgan fingerprint density at radius 1 is 1.08 bits per heavy atom. The van der Waals surface area contributed by atoms with E-state index in [1.165, 1.54) is 6.42 Å². The number of para-hydroxylation sites is 1. The molecule has 0 amide bonds. The van der Waals surface area contributed by atoms with Crippen LogP contribution in [0.25, 0.3) is 16.5 Å². The molecule has 3 aromatic rings. The van der Waals surface area contributed by atoms with Crippen LogP contribution in [-0.4, -0.2) is 32.9 Å². The first kappa shape index (κ1) is 24.4. The quantitative estimate of drug-likeness (QED) is 0.364. The smallest absolute Gasteiger partial charge is 0.189 e. The largest absolute Gasteiger partial charge is 0.393 e. The van der Waals surface area contributed by atoms with Crippen LogP contribution in [0.4, 0.5) is 4.39 Å². The number of aliphatic hydroxyl groups is 1. The molecule has 0 radical (unpaired) electrons. The van der Waals surface area contributed by atoms with E-state index in [9.17, 15) is 14.3 Å². The van der Waals surface area contributed by atoms with Gasteiger partial charge in [0.2, 0.25) is 0 Å². The molecule has 3 heterocycles. The number of carbonyl (C=O) groups excluding carboxylic acids is 1. The third-order valence-corrected chi connectivity index (χ3v) is 7.44. The van der Waals surface area contributed by atoms with Crippen LogP contribution >= 0.6 is 0 Å². The first-order valence-electron chi connectivity index (χ1n) is 13.0. The van der Waals surface area contributed by atoms with Crippen molar-refractivity contribution in [3.05, 3.63) is 77.4 Å². The summed E-state index contributed by atoms with van der Waals surface area (Å²) in [6.07, 6.45) is 11.1. The highest BCUT2D eigenvalue weighted by molar-refractivity contribution is 5.97. The third kappa shape index (κ3) is 5.76. The van der Waals surface area contributed by atoms with Crippen molar-refractivity contribution >= 4 is 28.2 Å². The summed E-state index contributed by atoms with van der Waals surface area (Å²) in [5.41, 5.74) is 5.15. The first-order chi connectivity index (χ1) is 17.6. The van der Waals surface area contributed by atoms with Gasteiger partial charge >= 0.3 is 0 Å². The van der Waals surface area contributed by atoms with Crippen molar-refractivity contribution in [3.63, 3.8) is 0 Å². The lowest BCUT2D eigenvalue weighted by Crippen LogP contribution is -2.24. The number of hydrogen-bond acceptors (Lipinski definition) is 5. The summed E-state index contributed by atoms with van der Waals surface area (Å²) >= 11 is 0. The fourth-order valence-corrected chi connectivity index (χ4v) is 5.36. The molecule has 2 aromatic heterocycles. The Bertz CT molecular complexity index is 1300. The number of rotatable bonds is 8. The number of aliphatic imine (C=N–C) groups is 1. The zero-order chi connectivity index (χ0) is 24.9. The van der Waals surface area contributed by atoms with E-state index in [2.05, 4.69) is 15.0 Å². The molecule has 0 saturated heterocycles. The molecule has 2 aliphatic rings. The molecule has 2 atom stereocenters. The Kier molecular flexibility index (Phi) is 7.61. The highest BCUT2D eigenvalue weighted by Gasteiger charge is 2.23. The molecule has 0 bridgehead atoms. The second-order valence-corrected chi connectivity index (χ2v) is 10.00. The van der Waals surface area contributed by atoms with Gasteiger partial charge in [-0.1, -0.05) is 37.1 Å². The number of ketones is 1. The van der Waals surface area contributed by atoms with Gasteiger partial charge < -0.3 is 5.11 Å². The average molecular weight is 486 g/mol. The topological polar surface area (TPSA) is 75.4 Å². The Morgan fingerprint density at radius 3 is 2.72 bits per heavy atom. The van der Waals surface area contributed by atoms with Crippen molar-refractivity contribution in [3.8, 4) is 0 Å². The number of hydrogen-bond donors (Lipinski definition) is 1. The van der Waals surface area contributed by atoms with Crippen molar-refractivity contribution in [2.24, 2.45) is 10.9 Å². The zero-order valence-corrected chi connectivity index (χ0v) is 20.5. The molecule has 1 aliphatic heterocycles. The Labute approximate surface area is 211 Å². The monoisotopic (exact) mass is 485 g/mol. The van der Waals surface area contributed by atoms with Gasteiger partial charge in [-0.2, -0.15) is 4.39 Å². The lowest BCUT2D eigenvalue weighted by molar-refractivity contribution is 0.0632. The summed E-state index contributed by atoms with van der Waals surface area (Å²) in [6, 6.07) is 13.8. The lowest BCUT2D eigenvalue weighted by Gasteiger charge is -2.27. The van der Waals surface area contributed by atoms with E-state index in [0.29, 0.717) is 37.3 Å². The van der Waals surface area contributed by atoms with E-state index >= 15 is 0 Å². The lowest BCUT2D eigenvalue weighted by atomic mass is 9.83. The van der Waals surface area contributed by atoms with Crippen LogP contribution < -0.4 is 0 Å². The molecule has 36 heavy (non-hydrogen) atoms. The SMILES string of the molecule is O=C(CCCC1CCCCC1O)c1cc(Cc2ccc(C3=CN=C(F)CC3)nc2)c2ccccc2n1. The molecule has 1 aromatic carbocycles. The number of carbonyl (C=O) groups is 1. The summed E-state index contributed by atoms with van der Waals surface area (Å²) in [4.78, 5) is 26.1. The molecular weight excluding hydrogens is 453 g/mol. The van der Waals surface area contributed by atoms with Crippen LogP contribution in [0.2, 0.25) is 0 Å². The number of allylic oxidation sites excluding steroid dienone is 1. The van der Waals surface area contributed by atoms with Gasteiger partial charge in [0.1, 0.15) is 5.69 Å². The molecule has 1 saturated carbocycles. The number of fused-ring (bicyclic) bond motifs is 1. The predicted molar refractivity (Wildman–Crippen MR) is 141 cm³/mol. The van der Waals surface area contributed by atoms with Gasteiger partial charge in [0.25, 0.3) is 0 Å². The van der Waals surface area contributed by atoms with E-state index < -0.39 is 0 Å². The number of pyridine rings is 2. The van der Waals surface area contributed by atoms with Crippen molar-refractivity contribution in [1.29, 1.82) is 0 Å². The Hall–Kier alpha value is -3.25. The van der Waals surface area contributed by atoms with Gasteiger partial charge in [-0.15, -0.1) is 0 Å². The molecule has 6 heteroatoms. The molecule has 1 fully saturated rings. The summed E-state index contributed by atoms with van der Waals surface area (Å²) in [7, 11) is 0. The van der Waals surface area contributed by atoms with Crippen LogP contribution in [0.1, 0.15) is 85.1 Å². The van der Waals surface area contributed by atoms with Crippen LogP contribution in [0.15, 0.2) is 59.9 Å². The maximum atomic E-state index is 13.2. The summed E-state index contributed by atoms with van der Waals surface area (Å²) in [5, 5.41) is 11.3. The Balaban J connectivity index is 1.31. The van der Waals surface area contributed by atoms with Crippen LogP contribution in [-0.2, 0) is 6.42 Å². The average Bonchev–Trinajstić information content (AvgIpc) is 2.90. The molecule has 1 aliphatic carbocycles. The van der Waals surface area contributed by atoms with E-state index in [1.54, 1.807) is 6.20 Å². The highest BCUT2D eigenvalue weighted by atomic mass is 19.1. The minimum Gasteiger partial charge on any atom is -0.393 e. The summed E-state index contributed by atoms with van der Waals surface area (Å²) in [5.74, 6) is 0.0343. The van der Waals surface area contributed by atoms with Crippen LogP contribution in [0, 0.1) is 5.92 Å². The van der Waals surface area contributed by atoms with Crippen molar-refractivity contribution in [1.82, 2.24) is 9.97 Å². The van der Waals surface area contributed by atoms with E-state index in [0.717, 1.165) is 65.4 Å². The van der Waals surface area contributed by atoms with Gasteiger partial charge in [-0.05, 0) is 79.3 Å². The van der Waals surface area contributed by atoms with Crippen LogP contribution in [0.5, 0.6) is 0 Å². The maximum absolute atomic E-state index is 13.2. The third-order valence-electron chi connectivity index (χ3n) is 7.44. The standard InChI is InChI=1S/C30H32FN3O2/c31-30-15-13-22(19-33-30)25-14-12-20(18-32-25)16-23-17-27(34-26-9-3-2-8-24(23)26)29(36)11-5-7-21-6-1-4-10-28(21)35/h2-3,8-9,12,14,17-19,21,28,35H,1,4-7,10-11,13,15-16H2. The molecule has 5 nitrogen and oxygen atoms in total. The maximum Gasteiger partial charge on any atom is 0.189 e. The number of Topliss-reactive ketones (excluding diaryl/α,β-unsaturated/α-hetero) is 1. The molecule has 2 unspecified atom stereocenters. The normalized spacial score (nSPS) is 20.2. The molecule has 0 spiro atoms. The summed E-state index contributed by atoms with van der Waals surface area (Å²) < 4.78 is 13.2. The van der Waals surface area contributed by atoms with Gasteiger partial charge in [0, 0.05) is 30.6 Å². The fourth-order valence-electron chi connectivity index (χ4n) is 5.36. The van der Waals surface area contributed by atoms with Gasteiger partial charge in [-0.3, -0.25) is 9.78 Å². The minimum atomic E-state index is -0.336. The predicted octanol–water partition coefficient (Wildman–Crippen LogP) is 6.63. The van der Waals surface area contributed by atoms with Gasteiger partial charge in [0.15, 0.2) is 11.7 Å². The highest BCUT2D eigenvalue weighted by Crippen LogP contribution is 2.29. The number of nitrogens with zero attached hydrogens (tertiary/aromatic N) is 3. The van der Waals surface area contributed by atoms with Gasteiger partial charge in [0.05, 0.1) is 17.3 Å². The van der Waals surface area contributed by atoms with E-state index in [-0.39, 0.29) is 17.9 Å². The number of benzene rings is 1. The van der Waals surface area contributed by atoms with E-state index in [1.807, 2.05) is 48.7 Å².